The van der Waals surface area contributed by atoms with Crippen LogP contribution in [-0.4, -0.2) is 0 Å². The zero-order chi connectivity index (χ0) is 13.0. The lowest BCUT2D eigenvalue weighted by Gasteiger charge is -2.36. The predicted molar refractivity (Wildman–Crippen MR) is 82.3 cm³/mol. The molecule has 2 aliphatic rings. The number of benzene rings is 1. The summed E-state index contributed by atoms with van der Waals surface area (Å²) in [6.07, 6.45) is 17.9. The van der Waals surface area contributed by atoms with Gasteiger partial charge in [-0.1, -0.05) is 74.2 Å². The lowest BCUT2D eigenvalue weighted by Crippen LogP contribution is -2.28. The molecule has 0 N–H and O–H groups in total. The highest BCUT2D eigenvalue weighted by Crippen LogP contribution is 2.45. The normalized spacial score (nSPS) is 22.6. The van der Waals surface area contributed by atoms with Gasteiger partial charge < -0.3 is 0 Å². The van der Waals surface area contributed by atoms with Crippen molar-refractivity contribution >= 4 is 0 Å². The van der Waals surface area contributed by atoms with Crippen LogP contribution < -0.4 is 0 Å². The van der Waals surface area contributed by atoms with Gasteiger partial charge in [0.2, 0.25) is 0 Å². The van der Waals surface area contributed by atoms with Crippen molar-refractivity contribution in [3.63, 3.8) is 0 Å². The molecule has 0 aromatic heterocycles. The quantitative estimate of drug-likeness (QED) is 0.605. The molecule has 0 bridgehead atoms. The smallest absolute Gasteiger partial charge is 0.0199 e. The maximum Gasteiger partial charge on any atom is 0.0199 e. The second-order valence-corrected chi connectivity index (χ2v) is 6.00. The summed E-state index contributed by atoms with van der Waals surface area (Å²) in [7, 11) is 0. The summed E-state index contributed by atoms with van der Waals surface area (Å²) >= 11 is 0. The third-order valence-corrected chi connectivity index (χ3v) is 4.83. The molecule has 1 aromatic rings. The highest BCUT2D eigenvalue weighted by atomic mass is 14.4. The second-order valence-electron chi connectivity index (χ2n) is 6.00. The molecule has 1 aromatic carbocycles. The van der Waals surface area contributed by atoms with Crippen molar-refractivity contribution in [2.24, 2.45) is 0 Å². The van der Waals surface area contributed by atoms with Crippen LogP contribution in [0.1, 0.15) is 56.9 Å². The van der Waals surface area contributed by atoms with E-state index in [1.54, 1.807) is 5.57 Å². The lowest BCUT2D eigenvalue weighted by molar-refractivity contribution is 0.442. The molecule has 0 saturated heterocycles. The van der Waals surface area contributed by atoms with Crippen molar-refractivity contribution in [2.75, 3.05) is 0 Å². The standard InChI is InChI=1S/C19H24/c1-2-10-16-19(15-9-1,17-11-5-3-6-12-17)18-13-7-4-8-14-18/h3,5-7,11-14H,1-2,4,8-10,15-16H2. The van der Waals surface area contributed by atoms with Gasteiger partial charge in [-0.15, -0.1) is 0 Å². The number of rotatable bonds is 2. The Hall–Kier alpha value is -1.30. The molecular formula is C19H24. The molecule has 3 rings (SSSR count). The molecule has 0 amide bonds. The molecule has 0 spiro atoms. The van der Waals surface area contributed by atoms with E-state index in [9.17, 15) is 0 Å². The summed E-state index contributed by atoms with van der Waals surface area (Å²) in [6.45, 7) is 0. The Bertz CT molecular complexity index is 456. The van der Waals surface area contributed by atoms with E-state index >= 15 is 0 Å². The van der Waals surface area contributed by atoms with Crippen molar-refractivity contribution in [1.29, 1.82) is 0 Å². The zero-order valence-corrected chi connectivity index (χ0v) is 11.8. The minimum atomic E-state index is 0.300. The number of hydrogen-bond acceptors (Lipinski definition) is 0. The summed E-state index contributed by atoms with van der Waals surface area (Å²) in [5, 5.41) is 0. The first-order valence-corrected chi connectivity index (χ1v) is 7.84. The molecule has 2 aliphatic carbocycles. The molecule has 100 valence electrons. The van der Waals surface area contributed by atoms with Gasteiger partial charge in [0, 0.05) is 5.41 Å². The molecule has 0 aliphatic heterocycles. The Morgan fingerprint density at radius 2 is 1.53 bits per heavy atom. The van der Waals surface area contributed by atoms with Crippen molar-refractivity contribution in [3.05, 3.63) is 59.7 Å². The highest BCUT2D eigenvalue weighted by Gasteiger charge is 2.35. The Morgan fingerprint density at radius 3 is 2.16 bits per heavy atom. The molecule has 0 nitrogen and oxygen atoms in total. The Labute approximate surface area is 117 Å². The Morgan fingerprint density at radius 1 is 0.789 bits per heavy atom. The van der Waals surface area contributed by atoms with E-state index < -0.39 is 0 Å². The van der Waals surface area contributed by atoms with E-state index in [4.69, 9.17) is 0 Å². The van der Waals surface area contributed by atoms with Crippen LogP contribution in [-0.2, 0) is 5.41 Å². The van der Waals surface area contributed by atoms with Crippen LogP contribution in [0.4, 0.5) is 0 Å². The van der Waals surface area contributed by atoms with E-state index in [0.717, 1.165) is 0 Å². The zero-order valence-electron chi connectivity index (χ0n) is 11.8. The van der Waals surface area contributed by atoms with Crippen molar-refractivity contribution in [2.45, 2.75) is 56.8 Å². The maximum absolute atomic E-state index is 2.50. The number of allylic oxidation sites excluding steroid dienone is 4. The average molecular weight is 252 g/mol. The SMILES string of the molecule is C1=CC(C2(c3ccccc3)CCCCCC2)=CCC1. The van der Waals surface area contributed by atoms with E-state index in [0.29, 0.717) is 5.41 Å². The average Bonchev–Trinajstić information content (AvgIpc) is 2.76. The van der Waals surface area contributed by atoms with E-state index in [2.05, 4.69) is 48.6 Å². The third-order valence-electron chi connectivity index (χ3n) is 4.83. The van der Waals surface area contributed by atoms with Crippen molar-refractivity contribution < 1.29 is 0 Å². The first kappa shape index (κ1) is 12.7. The highest BCUT2D eigenvalue weighted by molar-refractivity contribution is 5.43. The lowest BCUT2D eigenvalue weighted by atomic mass is 9.68. The van der Waals surface area contributed by atoms with Gasteiger partial charge in [0.1, 0.15) is 0 Å². The molecule has 19 heavy (non-hydrogen) atoms. The van der Waals surface area contributed by atoms with Gasteiger partial charge >= 0.3 is 0 Å². The minimum Gasteiger partial charge on any atom is -0.0839 e. The summed E-state index contributed by atoms with van der Waals surface area (Å²) < 4.78 is 0. The molecule has 0 heterocycles. The van der Waals surface area contributed by atoms with Crippen LogP contribution in [0.2, 0.25) is 0 Å². The molecule has 0 unspecified atom stereocenters. The largest absolute Gasteiger partial charge is 0.0839 e. The summed E-state index contributed by atoms with van der Waals surface area (Å²) in [5.74, 6) is 0. The van der Waals surface area contributed by atoms with Crippen molar-refractivity contribution in [1.82, 2.24) is 0 Å². The molecule has 0 radical (unpaired) electrons. The summed E-state index contributed by atoms with van der Waals surface area (Å²) in [4.78, 5) is 0. The van der Waals surface area contributed by atoms with Gasteiger partial charge in [-0.05, 0) is 36.8 Å². The topological polar surface area (TPSA) is 0 Å². The third kappa shape index (κ3) is 2.54. The van der Waals surface area contributed by atoms with Gasteiger partial charge in [0.05, 0.1) is 0 Å². The molecule has 1 saturated carbocycles. The predicted octanol–water partition coefficient (Wildman–Crippen LogP) is 5.56. The first-order chi connectivity index (χ1) is 9.42. The fourth-order valence-corrected chi connectivity index (χ4v) is 3.80. The summed E-state index contributed by atoms with van der Waals surface area (Å²) in [5.41, 5.74) is 3.43. The second kappa shape index (κ2) is 5.77. The van der Waals surface area contributed by atoms with Gasteiger partial charge in [-0.3, -0.25) is 0 Å². The van der Waals surface area contributed by atoms with Gasteiger partial charge in [-0.2, -0.15) is 0 Å². The van der Waals surface area contributed by atoms with Crippen molar-refractivity contribution in [3.8, 4) is 0 Å². The molecule has 1 fully saturated rings. The number of hydrogen-bond donors (Lipinski definition) is 0. The monoisotopic (exact) mass is 252 g/mol. The molecular weight excluding hydrogens is 228 g/mol. The molecule has 0 atom stereocenters. The fourth-order valence-electron chi connectivity index (χ4n) is 3.80. The van der Waals surface area contributed by atoms with Crippen LogP contribution in [0.25, 0.3) is 0 Å². The van der Waals surface area contributed by atoms with Crippen LogP contribution in [0.3, 0.4) is 0 Å². The van der Waals surface area contributed by atoms with Gasteiger partial charge in [-0.25, -0.2) is 0 Å². The van der Waals surface area contributed by atoms with Crippen LogP contribution in [0.15, 0.2) is 54.1 Å². The van der Waals surface area contributed by atoms with Gasteiger partial charge in [0.15, 0.2) is 0 Å². The fraction of sp³-hybridized carbons (Fsp3) is 0.474. The van der Waals surface area contributed by atoms with E-state index in [1.165, 1.54) is 56.9 Å². The van der Waals surface area contributed by atoms with Crippen LogP contribution in [0.5, 0.6) is 0 Å². The van der Waals surface area contributed by atoms with Gasteiger partial charge in [0.25, 0.3) is 0 Å². The van der Waals surface area contributed by atoms with Crippen LogP contribution >= 0.6 is 0 Å². The Balaban J connectivity index is 2.04. The van der Waals surface area contributed by atoms with Crippen LogP contribution in [0, 0.1) is 0 Å². The minimum absolute atomic E-state index is 0.300. The Kier molecular flexibility index (Phi) is 3.87. The van der Waals surface area contributed by atoms with E-state index in [-0.39, 0.29) is 0 Å². The first-order valence-electron chi connectivity index (χ1n) is 7.84. The van der Waals surface area contributed by atoms with E-state index in [1.807, 2.05) is 0 Å². The maximum atomic E-state index is 2.50. The molecule has 0 heteroatoms. The summed E-state index contributed by atoms with van der Waals surface area (Å²) in [6, 6.07) is 11.2.